The van der Waals surface area contributed by atoms with Gasteiger partial charge in [-0.3, -0.25) is 4.79 Å². The fourth-order valence-corrected chi connectivity index (χ4v) is 2.02. The normalized spacial score (nSPS) is 15.1. The van der Waals surface area contributed by atoms with Gasteiger partial charge in [-0.2, -0.15) is 0 Å². The van der Waals surface area contributed by atoms with E-state index in [9.17, 15) is 4.79 Å². The van der Waals surface area contributed by atoms with Crippen molar-refractivity contribution >= 4 is 21.9 Å². The smallest absolute Gasteiger partial charge is 0.302 e. The van der Waals surface area contributed by atoms with E-state index in [0.29, 0.717) is 6.10 Å². The summed E-state index contributed by atoms with van der Waals surface area (Å²) in [4.78, 5) is 13.8. The van der Waals surface area contributed by atoms with E-state index in [-0.39, 0.29) is 5.97 Å². The van der Waals surface area contributed by atoms with E-state index in [0.717, 1.165) is 10.4 Å². The number of carbonyl (C=O) groups is 1. The minimum Gasteiger partial charge on any atom is -0.474 e. The Balaban J connectivity index is 0.000000312. The number of aromatic nitrogens is 1. The van der Waals surface area contributed by atoms with Crippen LogP contribution in [-0.4, -0.2) is 24.2 Å². The second-order valence-electron chi connectivity index (χ2n) is 4.39. The van der Waals surface area contributed by atoms with Crippen molar-refractivity contribution in [3.05, 3.63) is 22.8 Å². The zero-order valence-corrected chi connectivity index (χ0v) is 13.0. The first kappa shape index (κ1) is 16.0. The predicted octanol–water partition coefficient (Wildman–Crippen LogP) is 3.73. The van der Waals surface area contributed by atoms with Gasteiger partial charge in [0.05, 0.1) is 7.11 Å². The number of hydrogen-bond donors (Lipinski definition) is 0. The van der Waals surface area contributed by atoms with E-state index >= 15 is 0 Å². The summed E-state index contributed by atoms with van der Waals surface area (Å²) in [6.07, 6.45) is 8.46. The summed E-state index contributed by atoms with van der Waals surface area (Å²) < 4.78 is 10.9. The van der Waals surface area contributed by atoms with Crippen molar-refractivity contribution < 1.29 is 14.3 Å². The van der Waals surface area contributed by atoms with Crippen molar-refractivity contribution in [1.29, 1.82) is 0 Å². The highest BCUT2D eigenvalue weighted by Crippen LogP contribution is 2.22. The first-order valence-electron chi connectivity index (χ1n) is 6.44. The third-order valence-corrected chi connectivity index (χ3v) is 3.30. The summed E-state index contributed by atoms with van der Waals surface area (Å²) in [6.45, 7) is 1.36. The Morgan fingerprint density at radius 1 is 1.32 bits per heavy atom. The molecule has 1 aliphatic carbocycles. The van der Waals surface area contributed by atoms with Crippen molar-refractivity contribution in [3.8, 4) is 5.88 Å². The molecule has 0 radical (unpaired) electrons. The van der Waals surface area contributed by atoms with Gasteiger partial charge in [-0.25, -0.2) is 4.98 Å². The zero-order valence-electron chi connectivity index (χ0n) is 11.4. The fourth-order valence-electron chi connectivity index (χ4n) is 1.79. The molecule has 1 fully saturated rings. The lowest BCUT2D eigenvalue weighted by Gasteiger charge is -2.22. The van der Waals surface area contributed by atoms with Gasteiger partial charge in [0.15, 0.2) is 0 Å². The average Bonchev–Trinajstić information content (AvgIpc) is 2.43. The first-order chi connectivity index (χ1) is 9.11. The number of esters is 1. The van der Waals surface area contributed by atoms with Crippen LogP contribution in [0.15, 0.2) is 22.8 Å². The molecule has 0 spiro atoms. The Morgan fingerprint density at radius 3 is 2.42 bits per heavy atom. The van der Waals surface area contributed by atoms with E-state index in [1.54, 1.807) is 6.20 Å². The lowest BCUT2D eigenvalue weighted by Crippen LogP contribution is -2.19. The van der Waals surface area contributed by atoms with E-state index < -0.39 is 0 Å². The molecule has 0 bridgehead atoms. The van der Waals surface area contributed by atoms with Gasteiger partial charge in [0, 0.05) is 23.7 Å². The number of ether oxygens (including phenoxy) is 2. The number of pyridine rings is 1. The standard InChI is InChI=1S/C11H14BrNO.C3H6O2/c12-9-6-7-11(13-8-9)14-10-4-2-1-3-5-10;1-3(4)5-2/h6-8,10H,1-5H2;1-2H3. The summed E-state index contributed by atoms with van der Waals surface area (Å²) >= 11 is 3.35. The van der Waals surface area contributed by atoms with Gasteiger partial charge in [-0.1, -0.05) is 6.42 Å². The number of hydrogen-bond acceptors (Lipinski definition) is 4. The maximum Gasteiger partial charge on any atom is 0.302 e. The topological polar surface area (TPSA) is 48.4 Å². The van der Waals surface area contributed by atoms with Crippen LogP contribution < -0.4 is 4.74 Å². The van der Waals surface area contributed by atoms with E-state index in [1.165, 1.54) is 46.1 Å². The molecule has 1 aromatic rings. The molecule has 0 unspecified atom stereocenters. The van der Waals surface area contributed by atoms with Crippen molar-refractivity contribution in [1.82, 2.24) is 4.98 Å². The summed E-state index contributed by atoms with van der Waals surface area (Å²) in [5.74, 6) is 0.505. The van der Waals surface area contributed by atoms with Crippen LogP contribution in [0.25, 0.3) is 0 Å². The van der Waals surface area contributed by atoms with Crippen LogP contribution in [0.5, 0.6) is 5.88 Å². The maximum absolute atomic E-state index is 9.59. The Hall–Kier alpha value is -1.10. The summed E-state index contributed by atoms with van der Waals surface area (Å²) in [7, 11) is 1.35. The molecule has 0 N–H and O–H groups in total. The van der Waals surface area contributed by atoms with Crippen LogP contribution in [-0.2, 0) is 9.53 Å². The molecular formula is C14H20BrNO3. The van der Waals surface area contributed by atoms with Crippen LogP contribution in [0, 0.1) is 0 Å². The minimum atomic E-state index is -0.245. The SMILES string of the molecule is Brc1ccc(OC2CCCCC2)nc1.COC(C)=O. The highest BCUT2D eigenvalue weighted by atomic mass is 79.9. The fraction of sp³-hybridized carbons (Fsp3) is 0.571. The molecule has 2 rings (SSSR count). The van der Waals surface area contributed by atoms with Crippen molar-refractivity contribution in [3.63, 3.8) is 0 Å². The average molecular weight is 330 g/mol. The van der Waals surface area contributed by atoms with Crippen LogP contribution >= 0.6 is 15.9 Å². The molecule has 1 heterocycles. The Kier molecular flexibility index (Phi) is 7.48. The van der Waals surface area contributed by atoms with Gasteiger partial charge >= 0.3 is 5.97 Å². The third kappa shape index (κ3) is 7.15. The van der Waals surface area contributed by atoms with Crippen molar-refractivity contribution in [2.45, 2.75) is 45.1 Å². The molecule has 1 aliphatic rings. The Labute approximate surface area is 122 Å². The summed E-state index contributed by atoms with van der Waals surface area (Å²) in [5.41, 5.74) is 0. The van der Waals surface area contributed by atoms with Gasteiger partial charge in [-0.05, 0) is 47.7 Å². The molecule has 1 aromatic heterocycles. The number of halogens is 1. The molecule has 0 saturated heterocycles. The van der Waals surface area contributed by atoms with E-state index in [1.807, 2.05) is 12.1 Å². The molecule has 106 valence electrons. The monoisotopic (exact) mass is 329 g/mol. The van der Waals surface area contributed by atoms with Gasteiger partial charge in [-0.15, -0.1) is 0 Å². The molecule has 0 aromatic carbocycles. The van der Waals surface area contributed by atoms with Gasteiger partial charge in [0.2, 0.25) is 5.88 Å². The molecule has 5 heteroatoms. The van der Waals surface area contributed by atoms with Crippen LogP contribution in [0.1, 0.15) is 39.0 Å². The number of rotatable bonds is 2. The lowest BCUT2D eigenvalue weighted by molar-refractivity contribution is -0.137. The molecular weight excluding hydrogens is 310 g/mol. The zero-order chi connectivity index (χ0) is 14.1. The molecule has 0 amide bonds. The Bertz CT molecular complexity index is 375. The third-order valence-electron chi connectivity index (χ3n) is 2.83. The number of nitrogens with zero attached hydrogens (tertiary/aromatic N) is 1. The number of carbonyl (C=O) groups excluding carboxylic acids is 1. The van der Waals surface area contributed by atoms with Gasteiger partial charge in [0.1, 0.15) is 6.10 Å². The molecule has 0 aliphatic heterocycles. The van der Waals surface area contributed by atoms with E-state index in [4.69, 9.17) is 4.74 Å². The molecule has 19 heavy (non-hydrogen) atoms. The minimum absolute atomic E-state index is 0.245. The first-order valence-corrected chi connectivity index (χ1v) is 7.24. The van der Waals surface area contributed by atoms with Gasteiger partial charge in [0.25, 0.3) is 0 Å². The molecule has 0 atom stereocenters. The van der Waals surface area contributed by atoms with E-state index in [2.05, 4.69) is 25.7 Å². The maximum atomic E-state index is 9.59. The van der Waals surface area contributed by atoms with Crippen LogP contribution in [0.4, 0.5) is 0 Å². The van der Waals surface area contributed by atoms with Crippen LogP contribution in [0.3, 0.4) is 0 Å². The quantitative estimate of drug-likeness (QED) is 0.775. The number of methoxy groups -OCH3 is 1. The van der Waals surface area contributed by atoms with Gasteiger partial charge < -0.3 is 9.47 Å². The molecule has 4 nitrogen and oxygen atoms in total. The molecule has 1 saturated carbocycles. The van der Waals surface area contributed by atoms with Crippen molar-refractivity contribution in [2.24, 2.45) is 0 Å². The Morgan fingerprint density at radius 2 is 1.95 bits per heavy atom. The van der Waals surface area contributed by atoms with Crippen LogP contribution in [0.2, 0.25) is 0 Å². The second-order valence-corrected chi connectivity index (χ2v) is 5.30. The largest absolute Gasteiger partial charge is 0.474 e. The van der Waals surface area contributed by atoms with Crippen molar-refractivity contribution in [2.75, 3.05) is 7.11 Å². The highest BCUT2D eigenvalue weighted by Gasteiger charge is 2.14. The summed E-state index contributed by atoms with van der Waals surface area (Å²) in [6, 6.07) is 3.88. The summed E-state index contributed by atoms with van der Waals surface area (Å²) in [5, 5.41) is 0. The lowest BCUT2D eigenvalue weighted by atomic mass is 9.98. The second kappa shape index (κ2) is 8.91. The highest BCUT2D eigenvalue weighted by molar-refractivity contribution is 9.10. The predicted molar refractivity (Wildman–Crippen MR) is 77.1 cm³/mol.